The molecule has 1 atom stereocenters. The maximum absolute atomic E-state index is 11.0. The van der Waals surface area contributed by atoms with Crippen LogP contribution < -0.4 is 11.1 Å². The van der Waals surface area contributed by atoms with Crippen LogP contribution in [-0.4, -0.2) is 23.0 Å². The Hall–Kier alpha value is -1.87. The van der Waals surface area contributed by atoms with Gasteiger partial charge in [0.25, 0.3) is 11.8 Å². The second-order valence-corrected chi connectivity index (χ2v) is 2.51. The number of aliphatic hydroxyl groups is 1. The summed E-state index contributed by atoms with van der Waals surface area (Å²) in [6.07, 6.45) is -0.125. The Labute approximate surface area is 73.6 Å². The second kappa shape index (κ2) is 3.25. The Morgan fingerprint density at radius 2 is 2.15 bits per heavy atom. The van der Waals surface area contributed by atoms with Crippen molar-refractivity contribution in [3.05, 3.63) is 11.3 Å². The van der Waals surface area contributed by atoms with Crippen LogP contribution in [0.3, 0.4) is 0 Å². The summed E-state index contributed by atoms with van der Waals surface area (Å²) < 4.78 is 0. The third-order valence-electron chi connectivity index (χ3n) is 1.62. The predicted molar refractivity (Wildman–Crippen MR) is 41.0 cm³/mol. The molecule has 0 aromatic heterocycles. The molecule has 0 aromatic rings. The fourth-order valence-electron chi connectivity index (χ4n) is 1.00. The number of hydrogen-bond acceptors (Lipinski definition) is 5. The minimum atomic E-state index is -0.920. The maximum atomic E-state index is 11.0. The molecule has 68 valence electrons. The third kappa shape index (κ3) is 1.50. The average molecular weight is 181 g/mol. The van der Waals surface area contributed by atoms with Crippen molar-refractivity contribution in [2.75, 3.05) is 0 Å². The van der Waals surface area contributed by atoms with Crippen LogP contribution in [0.15, 0.2) is 11.3 Å². The molecule has 1 aliphatic rings. The summed E-state index contributed by atoms with van der Waals surface area (Å²) >= 11 is 0. The largest absolute Gasteiger partial charge is 0.503 e. The van der Waals surface area contributed by atoms with Gasteiger partial charge in [0.1, 0.15) is 0 Å². The normalized spacial score (nSPS) is 18.5. The van der Waals surface area contributed by atoms with E-state index in [2.05, 4.69) is 0 Å². The lowest BCUT2D eigenvalue weighted by atomic mass is 10.1. The molecule has 2 amide bonds. The highest BCUT2D eigenvalue weighted by Gasteiger charge is 2.33. The lowest BCUT2D eigenvalue weighted by Crippen LogP contribution is -2.30. The standard InChI is InChI=1S/C7H7N3O3/c8-2-1-3(9)4-5(11)7(13)10-6(4)12/h3H,1,9H2,(H2,10,11,12,13). The average Bonchev–Trinajstić information content (AvgIpc) is 2.27. The molecule has 0 fully saturated rings. The lowest BCUT2D eigenvalue weighted by molar-refractivity contribution is -0.125. The first-order valence-corrected chi connectivity index (χ1v) is 3.49. The quantitative estimate of drug-likeness (QED) is 0.457. The number of rotatable bonds is 2. The van der Waals surface area contributed by atoms with E-state index in [1.54, 1.807) is 6.07 Å². The molecule has 6 nitrogen and oxygen atoms in total. The monoisotopic (exact) mass is 181 g/mol. The number of nitriles is 1. The summed E-state index contributed by atoms with van der Waals surface area (Å²) in [5.74, 6) is -2.29. The minimum absolute atomic E-state index is 0.125. The molecule has 6 heteroatoms. The zero-order valence-corrected chi connectivity index (χ0v) is 6.57. The molecule has 0 aromatic carbocycles. The molecule has 0 saturated carbocycles. The number of carbonyl (C=O) groups excluding carboxylic acids is 2. The van der Waals surface area contributed by atoms with Crippen molar-refractivity contribution < 1.29 is 14.7 Å². The van der Waals surface area contributed by atoms with Crippen molar-refractivity contribution in [3.63, 3.8) is 0 Å². The van der Waals surface area contributed by atoms with Gasteiger partial charge in [0.05, 0.1) is 24.1 Å². The van der Waals surface area contributed by atoms with Gasteiger partial charge in [-0.1, -0.05) is 0 Å². The van der Waals surface area contributed by atoms with E-state index in [9.17, 15) is 9.59 Å². The van der Waals surface area contributed by atoms with Gasteiger partial charge in [-0.2, -0.15) is 5.26 Å². The first-order valence-electron chi connectivity index (χ1n) is 3.49. The lowest BCUT2D eigenvalue weighted by Gasteiger charge is -2.05. The number of imide groups is 1. The molecule has 4 N–H and O–H groups in total. The Morgan fingerprint density at radius 3 is 2.54 bits per heavy atom. The first-order chi connectivity index (χ1) is 6.07. The van der Waals surface area contributed by atoms with Crippen LogP contribution in [-0.2, 0) is 9.59 Å². The van der Waals surface area contributed by atoms with Crippen LogP contribution in [0.1, 0.15) is 6.42 Å². The van der Waals surface area contributed by atoms with Crippen molar-refractivity contribution in [2.45, 2.75) is 12.5 Å². The molecule has 1 unspecified atom stereocenters. The Morgan fingerprint density at radius 1 is 1.54 bits per heavy atom. The van der Waals surface area contributed by atoms with Crippen LogP contribution in [0.2, 0.25) is 0 Å². The van der Waals surface area contributed by atoms with Crippen molar-refractivity contribution in [2.24, 2.45) is 5.73 Å². The maximum Gasteiger partial charge on any atom is 0.293 e. The van der Waals surface area contributed by atoms with Gasteiger partial charge in [-0.25, -0.2) is 0 Å². The van der Waals surface area contributed by atoms with E-state index in [0.717, 1.165) is 0 Å². The smallest absolute Gasteiger partial charge is 0.293 e. The van der Waals surface area contributed by atoms with Gasteiger partial charge in [0, 0.05) is 0 Å². The molecule has 0 spiro atoms. The van der Waals surface area contributed by atoms with Crippen molar-refractivity contribution in [1.29, 1.82) is 5.26 Å². The topological polar surface area (TPSA) is 116 Å². The Kier molecular flexibility index (Phi) is 2.30. The van der Waals surface area contributed by atoms with E-state index >= 15 is 0 Å². The van der Waals surface area contributed by atoms with Crippen molar-refractivity contribution >= 4 is 11.8 Å². The number of nitrogens with one attached hydrogen (secondary N) is 1. The van der Waals surface area contributed by atoms with E-state index < -0.39 is 23.6 Å². The summed E-state index contributed by atoms with van der Waals surface area (Å²) in [4.78, 5) is 21.7. The number of hydrogen-bond donors (Lipinski definition) is 3. The van der Waals surface area contributed by atoms with Gasteiger partial charge in [0.2, 0.25) is 0 Å². The summed E-state index contributed by atoms with van der Waals surface area (Å²) in [5, 5.41) is 19.2. The zero-order valence-electron chi connectivity index (χ0n) is 6.57. The highest BCUT2D eigenvalue weighted by Crippen LogP contribution is 2.14. The summed E-state index contributed by atoms with van der Waals surface area (Å²) in [7, 11) is 0. The molecular formula is C7H7N3O3. The SMILES string of the molecule is N#CCC(N)C1=C(O)C(=O)NC1=O. The number of carbonyl (C=O) groups is 2. The zero-order chi connectivity index (χ0) is 10.0. The number of amides is 2. The molecule has 0 aliphatic carbocycles. The van der Waals surface area contributed by atoms with Crippen LogP contribution in [0.5, 0.6) is 0 Å². The van der Waals surface area contributed by atoms with Gasteiger partial charge >= 0.3 is 0 Å². The number of nitrogens with two attached hydrogens (primary N) is 1. The summed E-state index contributed by atoms with van der Waals surface area (Å²) in [5.41, 5.74) is 5.16. The van der Waals surface area contributed by atoms with E-state index in [0.29, 0.717) is 0 Å². The van der Waals surface area contributed by atoms with Crippen LogP contribution in [0, 0.1) is 11.3 Å². The molecule has 0 saturated heterocycles. The van der Waals surface area contributed by atoms with Crippen LogP contribution >= 0.6 is 0 Å². The van der Waals surface area contributed by atoms with E-state index in [1.165, 1.54) is 0 Å². The molecule has 1 aliphatic heterocycles. The molecule has 0 radical (unpaired) electrons. The highest BCUT2D eigenvalue weighted by atomic mass is 16.3. The Balaban J connectivity index is 2.96. The second-order valence-electron chi connectivity index (χ2n) is 2.51. The molecule has 1 heterocycles. The van der Waals surface area contributed by atoms with Gasteiger partial charge in [-0.05, 0) is 0 Å². The fourth-order valence-corrected chi connectivity index (χ4v) is 1.00. The van der Waals surface area contributed by atoms with Crippen molar-refractivity contribution in [1.82, 2.24) is 5.32 Å². The first kappa shape index (κ1) is 9.22. The molecule has 13 heavy (non-hydrogen) atoms. The van der Waals surface area contributed by atoms with Gasteiger partial charge in [0.15, 0.2) is 5.76 Å². The van der Waals surface area contributed by atoms with Gasteiger partial charge in [-0.15, -0.1) is 0 Å². The van der Waals surface area contributed by atoms with Gasteiger partial charge in [-0.3, -0.25) is 14.9 Å². The van der Waals surface area contributed by atoms with E-state index in [-0.39, 0.29) is 12.0 Å². The Bertz CT molecular complexity index is 339. The third-order valence-corrected chi connectivity index (χ3v) is 1.62. The van der Waals surface area contributed by atoms with Crippen LogP contribution in [0.4, 0.5) is 0 Å². The van der Waals surface area contributed by atoms with Crippen LogP contribution in [0.25, 0.3) is 0 Å². The van der Waals surface area contributed by atoms with Crippen molar-refractivity contribution in [3.8, 4) is 6.07 Å². The van der Waals surface area contributed by atoms with Gasteiger partial charge < -0.3 is 10.8 Å². The van der Waals surface area contributed by atoms with E-state index in [1.807, 2.05) is 5.32 Å². The number of aliphatic hydroxyl groups excluding tert-OH is 1. The summed E-state index contributed by atoms with van der Waals surface area (Å²) in [6, 6.07) is 0.819. The predicted octanol–water partition coefficient (Wildman–Crippen LogP) is -1.30. The molecule has 1 rings (SSSR count). The molecule has 0 bridgehead atoms. The highest BCUT2D eigenvalue weighted by molar-refractivity contribution is 6.18. The minimum Gasteiger partial charge on any atom is -0.503 e. The molecular weight excluding hydrogens is 174 g/mol. The fraction of sp³-hybridized carbons (Fsp3) is 0.286. The number of nitrogens with zero attached hydrogens (tertiary/aromatic N) is 1. The summed E-state index contributed by atoms with van der Waals surface area (Å²) in [6.45, 7) is 0. The van der Waals surface area contributed by atoms with E-state index in [4.69, 9.17) is 16.1 Å².